The van der Waals surface area contributed by atoms with Gasteiger partial charge in [-0.05, 0) is 83.9 Å². The molecule has 196 valence electrons. The summed E-state index contributed by atoms with van der Waals surface area (Å²) in [5, 5.41) is 37.2. The predicted molar refractivity (Wildman–Crippen MR) is 151 cm³/mol. The van der Waals surface area contributed by atoms with Crippen LogP contribution in [0.5, 0.6) is 0 Å². The van der Waals surface area contributed by atoms with E-state index in [-0.39, 0.29) is 12.1 Å². The number of azo groups is 1. The molecule has 0 radical (unpaired) electrons. The van der Waals surface area contributed by atoms with Crippen molar-refractivity contribution in [1.82, 2.24) is 10.6 Å². The quantitative estimate of drug-likeness (QED) is 0.193. The third kappa shape index (κ3) is 8.26. The summed E-state index contributed by atoms with van der Waals surface area (Å²) in [7, 11) is 0. The topological polar surface area (TPSA) is 155 Å². The van der Waals surface area contributed by atoms with Crippen molar-refractivity contribution in [3.63, 3.8) is 0 Å². The Balaban J connectivity index is 1.20. The molecule has 40 heavy (non-hydrogen) atoms. The Morgan fingerprint density at radius 1 is 0.550 bits per heavy atom. The zero-order valence-corrected chi connectivity index (χ0v) is 21.3. The minimum atomic E-state index is -0.348. The van der Waals surface area contributed by atoms with Crippen LogP contribution in [0.3, 0.4) is 0 Å². The molecule has 4 aromatic rings. The molecule has 0 aliphatic rings. The van der Waals surface area contributed by atoms with Gasteiger partial charge in [0.15, 0.2) is 0 Å². The molecule has 0 atom stereocenters. The molecule has 0 aromatic heterocycles. The molecule has 4 aromatic carbocycles. The largest absolute Gasteiger partial charge is 0.334 e. The number of nitriles is 2. The van der Waals surface area contributed by atoms with Gasteiger partial charge in [-0.25, -0.2) is 9.59 Å². The van der Waals surface area contributed by atoms with Crippen LogP contribution in [0, 0.1) is 22.7 Å². The average Bonchev–Trinajstić information content (AvgIpc) is 3.00. The zero-order valence-electron chi connectivity index (χ0n) is 21.3. The van der Waals surface area contributed by atoms with E-state index in [0.717, 1.165) is 11.1 Å². The van der Waals surface area contributed by atoms with E-state index < -0.39 is 0 Å². The first-order valence-electron chi connectivity index (χ1n) is 12.2. The van der Waals surface area contributed by atoms with Crippen LogP contribution in [0.15, 0.2) is 107 Å². The zero-order chi connectivity index (χ0) is 28.2. The van der Waals surface area contributed by atoms with E-state index in [1.54, 1.807) is 48.5 Å². The molecular weight excluding hydrogens is 504 g/mol. The van der Waals surface area contributed by atoms with Crippen LogP contribution in [0.1, 0.15) is 22.3 Å². The van der Waals surface area contributed by atoms with Gasteiger partial charge in [0.1, 0.15) is 0 Å². The maximum Gasteiger partial charge on any atom is 0.319 e. The Hall–Kier alpha value is -6.00. The summed E-state index contributed by atoms with van der Waals surface area (Å²) >= 11 is 0. The summed E-state index contributed by atoms with van der Waals surface area (Å²) in [6, 6.07) is 31.2. The fraction of sp³-hybridized carbons (Fsp3) is 0.0667. The van der Waals surface area contributed by atoms with Crippen LogP contribution in [-0.2, 0) is 13.1 Å². The van der Waals surface area contributed by atoms with E-state index in [9.17, 15) is 9.59 Å². The Morgan fingerprint density at radius 2 is 0.900 bits per heavy atom. The summed E-state index contributed by atoms with van der Waals surface area (Å²) in [4.78, 5) is 24.2. The number of carbonyl (C=O) groups is 2. The highest BCUT2D eigenvalue weighted by Gasteiger charge is 2.04. The Morgan fingerprint density at radius 3 is 1.23 bits per heavy atom. The second-order valence-corrected chi connectivity index (χ2v) is 8.53. The molecule has 0 saturated carbocycles. The monoisotopic (exact) mass is 528 g/mol. The van der Waals surface area contributed by atoms with Crippen molar-refractivity contribution in [3.05, 3.63) is 119 Å². The maximum absolute atomic E-state index is 12.1. The van der Waals surface area contributed by atoms with Gasteiger partial charge in [-0.1, -0.05) is 24.3 Å². The van der Waals surface area contributed by atoms with E-state index in [0.29, 0.717) is 47.0 Å². The predicted octanol–water partition coefficient (Wildman–Crippen LogP) is 6.49. The van der Waals surface area contributed by atoms with Crippen molar-refractivity contribution in [3.8, 4) is 12.1 Å². The second kappa shape index (κ2) is 13.5. The lowest BCUT2D eigenvalue weighted by Crippen LogP contribution is -2.28. The molecule has 0 unspecified atom stereocenters. The van der Waals surface area contributed by atoms with Crippen LogP contribution >= 0.6 is 0 Å². The third-order valence-electron chi connectivity index (χ3n) is 5.60. The van der Waals surface area contributed by atoms with Gasteiger partial charge in [-0.15, -0.1) is 0 Å². The fourth-order valence-corrected chi connectivity index (χ4v) is 3.45. The highest BCUT2D eigenvalue weighted by atomic mass is 16.2. The molecule has 0 spiro atoms. The van der Waals surface area contributed by atoms with Crippen LogP contribution in [-0.4, -0.2) is 12.1 Å². The smallest absolute Gasteiger partial charge is 0.319 e. The van der Waals surface area contributed by atoms with Crippen molar-refractivity contribution in [2.75, 3.05) is 10.6 Å². The van der Waals surface area contributed by atoms with Gasteiger partial charge in [-0.2, -0.15) is 20.8 Å². The van der Waals surface area contributed by atoms with Crippen LogP contribution in [0.4, 0.5) is 32.3 Å². The number of anilines is 2. The van der Waals surface area contributed by atoms with Crippen molar-refractivity contribution in [1.29, 1.82) is 10.5 Å². The van der Waals surface area contributed by atoms with Gasteiger partial charge in [0.05, 0.1) is 34.6 Å². The van der Waals surface area contributed by atoms with Crippen molar-refractivity contribution in [2.24, 2.45) is 10.2 Å². The summed E-state index contributed by atoms with van der Waals surface area (Å²) in [5.74, 6) is 0. The molecule has 0 saturated heterocycles. The Bertz CT molecular complexity index is 1450. The van der Waals surface area contributed by atoms with Gasteiger partial charge in [0.25, 0.3) is 0 Å². The normalized spacial score (nSPS) is 10.2. The number of rotatable bonds is 8. The molecule has 10 nitrogen and oxygen atoms in total. The van der Waals surface area contributed by atoms with E-state index in [4.69, 9.17) is 10.5 Å². The minimum Gasteiger partial charge on any atom is -0.334 e. The molecule has 10 heteroatoms. The number of urea groups is 2. The van der Waals surface area contributed by atoms with Gasteiger partial charge >= 0.3 is 12.1 Å². The van der Waals surface area contributed by atoms with Crippen molar-refractivity contribution >= 4 is 34.8 Å². The number of hydrogen-bond donors (Lipinski definition) is 4. The highest BCUT2D eigenvalue weighted by molar-refractivity contribution is 5.89. The van der Waals surface area contributed by atoms with Crippen molar-refractivity contribution < 1.29 is 9.59 Å². The molecule has 4 amide bonds. The van der Waals surface area contributed by atoms with Gasteiger partial charge < -0.3 is 21.3 Å². The first-order chi connectivity index (χ1) is 19.5. The number of benzene rings is 4. The summed E-state index contributed by atoms with van der Waals surface area (Å²) in [5.41, 5.74) is 5.37. The van der Waals surface area contributed by atoms with Gasteiger partial charge in [0, 0.05) is 24.5 Å². The van der Waals surface area contributed by atoms with Crippen LogP contribution < -0.4 is 21.3 Å². The van der Waals surface area contributed by atoms with Gasteiger partial charge in [-0.3, -0.25) is 0 Å². The Kier molecular flexibility index (Phi) is 9.14. The van der Waals surface area contributed by atoms with E-state index in [1.807, 2.05) is 60.7 Å². The molecular formula is C30H24N8O2. The van der Waals surface area contributed by atoms with Crippen molar-refractivity contribution in [2.45, 2.75) is 13.1 Å². The first-order valence-corrected chi connectivity index (χ1v) is 12.2. The van der Waals surface area contributed by atoms with E-state index in [2.05, 4.69) is 31.5 Å². The van der Waals surface area contributed by atoms with Gasteiger partial charge in [0.2, 0.25) is 0 Å². The third-order valence-corrected chi connectivity index (χ3v) is 5.60. The lowest BCUT2D eigenvalue weighted by Gasteiger charge is -2.08. The fourth-order valence-electron chi connectivity index (χ4n) is 3.45. The lowest BCUT2D eigenvalue weighted by molar-refractivity contribution is 0.251. The molecule has 0 heterocycles. The molecule has 4 N–H and O–H groups in total. The number of hydrogen-bond acceptors (Lipinski definition) is 6. The highest BCUT2D eigenvalue weighted by Crippen LogP contribution is 2.19. The minimum absolute atomic E-state index is 0.334. The lowest BCUT2D eigenvalue weighted by atomic mass is 10.2. The Labute approximate surface area is 231 Å². The molecule has 0 bridgehead atoms. The molecule has 0 aliphatic heterocycles. The number of amides is 4. The standard InChI is InChI=1S/C30H24N8O2/c31-17-21-1-9-25(10-2-21)35-29(39)33-19-23-5-13-27(14-6-23)37-38-28-15-7-24(8-16-28)20-34-30(40)36-26-11-3-22(18-32)4-12-26/h1-16H,19-20H2,(H2,33,35,39)(H2,34,36,40). The van der Waals surface area contributed by atoms with E-state index in [1.165, 1.54) is 0 Å². The number of nitrogens with one attached hydrogen (secondary N) is 4. The number of nitrogens with zero attached hydrogens (tertiary/aromatic N) is 4. The van der Waals surface area contributed by atoms with E-state index >= 15 is 0 Å². The summed E-state index contributed by atoms with van der Waals surface area (Å²) in [6.07, 6.45) is 0. The average molecular weight is 529 g/mol. The second-order valence-electron chi connectivity index (χ2n) is 8.53. The number of carbonyl (C=O) groups excluding carboxylic acids is 2. The maximum atomic E-state index is 12.1. The molecule has 0 fully saturated rings. The summed E-state index contributed by atoms with van der Waals surface area (Å²) in [6.45, 7) is 0.668. The van der Waals surface area contributed by atoms with Crippen LogP contribution in [0.25, 0.3) is 0 Å². The summed E-state index contributed by atoms with van der Waals surface area (Å²) < 4.78 is 0. The van der Waals surface area contributed by atoms with Crippen LogP contribution in [0.2, 0.25) is 0 Å². The molecule has 4 rings (SSSR count). The first kappa shape index (κ1) is 27.0. The molecule has 0 aliphatic carbocycles. The SMILES string of the molecule is N#Cc1ccc(NC(=O)NCc2ccc(N=Nc3ccc(CNC(=O)Nc4ccc(C#N)cc4)cc3)cc2)cc1.